The zero-order chi connectivity index (χ0) is 22.8. The lowest BCUT2D eigenvalue weighted by molar-refractivity contribution is 0.337. The smallest absolute Gasteiger partial charge is 0.230 e. The first-order valence-electron chi connectivity index (χ1n) is 10.3. The van der Waals surface area contributed by atoms with E-state index in [0.717, 1.165) is 31.7 Å². The molecule has 0 aliphatic heterocycles. The molecular formula is C26H18BrFN2O2S. The maximum absolute atomic E-state index is 13.4. The van der Waals surface area contributed by atoms with Crippen LogP contribution in [0.15, 0.2) is 92.1 Å². The summed E-state index contributed by atoms with van der Waals surface area (Å²) in [5.74, 6) is 0.328. The van der Waals surface area contributed by atoms with Crippen molar-refractivity contribution in [2.75, 3.05) is 6.61 Å². The number of nitrogens with zero attached hydrogens (tertiary/aromatic N) is 2. The quantitative estimate of drug-likeness (QED) is 0.238. The van der Waals surface area contributed by atoms with Crippen LogP contribution in [0.25, 0.3) is 32.8 Å². The average Bonchev–Trinajstić information content (AvgIpc) is 3.31. The molecule has 0 amide bonds. The van der Waals surface area contributed by atoms with Crippen LogP contribution in [0.5, 0.6) is 5.75 Å². The molecule has 3 aromatic carbocycles. The molecule has 0 fully saturated rings. The second-order valence-electron chi connectivity index (χ2n) is 7.21. The van der Waals surface area contributed by atoms with Crippen molar-refractivity contribution in [1.29, 1.82) is 0 Å². The number of benzene rings is 3. The van der Waals surface area contributed by atoms with Crippen molar-refractivity contribution in [3.63, 3.8) is 0 Å². The molecule has 0 aliphatic rings. The van der Waals surface area contributed by atoms with Crippen LogP contribution in [0.4, 0.5) is 10.1 Å². The van der Waals surface area contributed by atoms with Gasteiger partial charge in [0, 0.05) is 20.8 Å². The largest absolute Gasteiger partial charge is 0.490 e. The highest BCUT2D eigenvalue weighted by atomic mass is 79.9. The van der Waals surface area contributed by atoms with Crippen molar-refractivity contribution in [2.24, 2.45) is 4.99 Å². The standard InChI is InChI=1S/C26H18BrFN2O2S/c1-2-31-23-5-3-4-17-14-21(25(32-24(17)23)29-20-12-10-19(28)11-13-20)26-30-22(15-33-26)16-6-8-18(27)9-7-16/h3-15H,2H2,1H3. The van der Waals surface area contributed by atoms with Crippen LogP contribution < -0.4 is 10.3 Å². The average molecular weight is 521 g/mol. The van der Waals surface area contributed by atoms with E-state index in [1.54, 1.807) is 12.1 Å². The summed E-state index contributed by atoms with van der Waals surface area (Å²) >= 11 is 4.99. The Morgan fingerprint density at radius 3 is 2.61 bits per heavy atom. The lowest BCUT2D eigenvalue weighted by Crippen LogP contribution is -2.06. The minimum absolute atomic E-state index is 0.317. The Labute approximate surface area is 202 Å². The summed E-state index contributed by atoms with van der Waals surface area (Å²) in [6.07, 6.45) is 0. The maximum Gasteiger partial charge on any atom is 0.230 e. The highest BCUT2D eigenvalue weighted by Gasteiger charge is 2.14. The number of thiazole rings is 1. The van der Waals surface area contributed by atoms with Gasteiger partial charge in [-0.25, -0.2) is 14.4 Å². The van der Waals surface area contributed by atoms with Crippen molar-refractivity contribution in [2.45, 2.75) is 6.92 Å². The van der Waals surface area contributed by atoms with Crippen LogP contribution in [0.1, 0.15) is 6.92 Å². The van der Waals surface area contributed by atoms with Gasteiger partial charge in [-0.15, -0.1) is 11.3 Å². The molecule has 0 N–H and O–H groups in total. The fraction of sp³-hybridized carbons (Fsp3) is 0.0769. The van der Waals surface area contributed by atoms with E-state index >= 15 is 0 Å². The molecule has 0 saturated carbocycles. The summed E-state index contributed by atoms with van der Waals surface area (Å²) in [6.45, 7) is 2.44. The highest BCUT2D eigenvalue weighted by molar-refractivity contribution is 9.10. The van der Waals surface area contributed by atoms with E-state index in [1.807, 2.05) is 60.8 Å². The molecule has 0 radical (unpaired) electrons. The second-order valence-corrected chi connectivity index (χ2v) is 8.98. The van der Waals surface area contributed by atoms with Crippen LogP contribution >= 0.6 is 27.3 Å². The van der Waals surface area contributed by atoms with E-state index in [4.69, 9.17) is 14.1 Å². The Balaban J connectivity index is 1.70. The van der Waals surface area contributed by atoms with Gasteiger partial charge in [0.25, 0.3) is 0 Å². The number of aromatic nitrogens is 1. The first-order chi connectivity index (χ1) is 16.1. The van der Waals surface area contributed by atoms with Gasteiger partial charge in [-0.05, 0) is 55.5 Å². The molecule has 7 heteroatoms. The number of para-hydroxylation sites is 1. The summed E-state index contributed by atoms with van der Waals surface area (Å²) in [6, 6.07) is 21.8. The normalized spacial score (nSPS) is 11.8. The highest BCUT2D eigenvalue weighted by Crippen LogP contribution is 2.32. The Bertz CT molecular complexity index is 1490. The minimum atomic E-state index is -0.317. The molecule has 0 saturated heterocycles. The fourth-order valence-corrected chi connectivity index (χ4v) is 4.51. The van der Waals surface area contributed by atoms with Crippen molar-refractivity contribution in [1.82, 2.24) is 4.98 Å². The van der Waals surface area contributed by atoms with Crippen molar-refractivity contribution in [3.8, 4) is 27.6 Å². The van der Waals surface area contributed by atoms with Gasteiger partial charge in [0.1, 0.15) is 10.8 Å². The molecule has 164 valence electrons. The van der Waals surface area contributed by atoms with Gasteiger partial charge < -0.3 is 9.15 Å². The van der Waals surface area contributed by atoms with Crippen LogP contribution in [-0.4, -0.2) is 11.6 Å². The lowest BCUT2D eigenvalue weighted by Gasteiger charge is -2.08. The zero-order valence-electron chi connectivity index (χ0n) is 17.6. The van der Waals surface area contributed by atoms with Gasteiger partial charge in [-0.1, -0.05) is 40.2 Å². The number of hydrogen-bond acceptors (Lipinski definition) is 5. The second kappa shape index (κ2) is 9.29. The molecule has 0 unspecified atom stereocenters. The van der Waals surface area contributed by atoms with Crippen molar-refractivity contribution in [3.05, 3.63) is 94.0 Å². The van der Waals surface area contributed by atoms with Gasteiger partial charge >= 0.3 is 0 Å². The van der Waals surface area contributed by atoms with Crippen LogP contribution in [0.3, 0.4) is 0 Å². The topological polar surface area (TPSA) is 47.6 Å². The molecule has 2 heterocycles. The minimum Gasteiger partial charge on any atom is -0.490 e. The zero-order valence-corrected chi connectivity index (χ0v) is 20.0. The van der Waals surface area contributed by atoms with E-state index in [1.165, 1.54) is 23.5 Å². The molecule has 0 spiro atoms. The first-order valence-corrected chi connectivity index (χ1v) is 12.0. The van der Waals surface area contributed by atoms with Crippen LogP contribution in [-0.2, 0) is 0 Å². The SMILES string of the molecule is CCOc1cccc2cc(-c3nc(-c4ccc(Br)cc4)cs3)c(=Nc3ccc(F)cc3)oc12. The molecular weight excluding hydrogens is 503 g/mol. The third-order valence-corrected chi connectivity index (χ3v) is 6.37. The maximum atomic E-state index is 13.4. The van der Waals surface area contributed by atoms with Crippen molar-refractivity contribution >= 4 is 43.9 Å². The third-order valence-electron chi connectivity index (χ3n) is 4.97. The third kappa shape index (κ3) is 4.60. The number of hydrogen-bond donors (Lipinski definition) is 0. The fourth-order valence-electron chi connectivity index (χ4n) is 3.41. The molecule has 33 heavy (non-hydrogen) atoms. The molecule has 5 rings (SSSR count). The first kappa shape index (κ1) is 21.6. The van der Waals surface area contributed by atoms with Gasteiger partial charge in [0.05, 0.1) is 23.6 Å². The predicted octanol–water partition coefficient (Wildman–Crippen LogP) is 7.76. The molecule has 0 aliphatic carbocycles. The van der Waals surface area contributed by atoms with Gasteiger partial charge in [0.15, 0.2) is 11.3 Å². The molecule has 2 aromatic heterocycles. The van der Waals surface area contributed by atoms with Crippen LogP contribution in [0.2, 0.25) is 0 Å². The van der Waals surface area contributed by atoms with E-state index < -0.39 is 0 Å². The van der Waals surface area contributed by atoms with E-state index in [2.05, 4.69) is 20.9 Å². The number of fused-ring (bicyclic) bond motifs is 1. The summed E-state index contributed by atoms with van der Waals surface area (Å²) in [7, 11) is 0. The van der Waals surface area contributed by atoms with Crippen molar-refractivity contribution < 1.29 is 13.5 Å². The summed E-state index contributed by atoms with van der Waals surface area (Å²) in [4.78, 5) is 9.53. The predicted molar refractivity (Wildman–Crippen MR) is 133 cm³/mol. The number of rotatable bonds is 5. The summed E-state index contributed by atoms with van der Waals surface area (Å²) in [5, 5.41) is 3.68. The number of ether oxygens (including phenoxy) is 1. The van der Waals surface area contributed by atoms with Crippen LogP contribution in [0, 0.1) is 5.82 Å². The Morgan fingerprint density at radius 1 is 1.06 bits per heavy atom. The number of halogens is 2. The monoisotopic (exact) mass is 520 g/mol. The summed E-state index contributed by atoms with van der Waals surface area (Å²) < 4.78 is 26.5. The lowest BCUT2D eigenvalue weighted by atomic mass is 10.1. The molecule has 0 bridgehead atoms. The van der Waals surface area contributed by atoms with E-state index in [0.29, 0.717) is 29.2 Å². The van der Waals surface area contributed by atoms with E-state index in [-0.39, 0.29) is 5.82 Å². The van der Waals surface area contributed by atoms with Gasteiger partial charge in [0.2, 0.25) is 5.55 Å². The Hall–Kier alpha value is -3.29. The molecule has 0 atom stereocenters. The van der Waals surface area contributed by atoms with Gasteiger partial charge in [-0.3, -0.25) is 0 Å². The molecule has 5 aromatic rings. The Kier molecular flexibility index (Phi) is 6.07. The molecule has 4 nitrogen and oxygen atoms in total. The van der Waals surface area contributed by atoms with Gasteiger partial charge in [-0.2, -0.15) is 0 Å². The van der Waals surface area contributed by atoms with E-state index in [9.17, 15) is 4.39 Å². The Morgan fingerprint density at radius 2 is 1.85 bits per heavy atom. The summed E-state index contributed by atoms with van der Waals surface area (Å²) in [5.41, 5.74) is 4.23.